The molecule has 0 aliphatic carbocycles. The number of nitrogens with zero attached hydrogens (tertiary/aromatic N) is 3. The number of benzene rings is 2. The van der Waals surface area contributed by atoms with E-state index in [1.807, 2.05) is 0 Å². The number of aromatic nitrogens is 2. The molecule has 2 heterocycles. The van der Waals surface area contributed by atoms with Crippen LogP contribution in [0.25, 0.3) is 16.9 Å². The van der Waals surface area contributed by atoms with Gasteiger partial charge in [0.15, 0.2) is 0 Å². The van der Waals surface area contributed by atoms with Gasteiger partial charge in [0.2, 0.25) is 0 Å². The first-order valence-electron chi connectivity index (χ1n) is 10.5. The fraction of sp³-hybridized carbons (Fsp3) is 0.292. The summed E-state index contributed by atoms with van der Waals surface area (Å²) in [7, 11) is 0. The normalized spacial score (nSPS) is 14.4. The summed E-state index contributed by atoms with van der Waals surface area (Å²) in [5.74, 6) is -1.07. The largest absolute Gasteiger partial charge is 0.466 e. The van der Waals surface area contributed by atoms with Crippen LogP contribution in [0.4, 0.5) is 4.39 Å². The lowest BCUT2D eigenvalue weighted by molar-refractivity contribution is -0.149. The molecule has 3 aromatic rings. The molecule has 0 atom stereocenters. The third-order valence-electron chi connectivity index (χ3n) is 5.53. The first-order chi connectivity index (χ1) is 15.5. The molecule has 166 valence electrons. The summed E-state index contributed by atoms with van der Waals surface area (Å²) in [6.45, 7) is 2.98. The van der Waals surface area contributed by atoms with E-state index in [9.17, 15) is 14.0 Å². The first-order valence-corrected chi connectivity index (χ1v) is 10.9. The average Bonchev–Trinajstić information content (AvgIpc) is 3.24. The van der Waals surface area contributed by atoms with Crippen molar-refractivity contribution in [3.63, 3.8) is 0 Å². The predicted molar refractivity (Wildman–Crippen MR) is 119 cm³/mol. The Bertz CT molecular complexity index is 1140. The molecule has 1 aliphatic heterocycles. The van der Waals surface area contributed by atoms with E-state index in [0.717, 1.165) is 0 Å². The number of ether oxygens (including phenoxy) is 1. The molecular formula is C24H23ClFN3O3. The summed E-state index contributed by atoms with van der Waals surface area (Å²) in [5, 5.41) is 5.03. The number of carbonyl (C=O) groups is 2. The van der Waals surface area contributed by atoms with Crippen LogP contribution in [0.5, 0.6) is 0 Å². The second-order valence-corrected chi connectivity index (χ2v) is 8.04. The SMILES string of the molecule is CCOC(=O)C1CCN(C(=O)c2cc(-c3ccccc3F)nn2-c2cccc(Cl)c2)CC1. The van der Waals surface area contributed by atoms with Crippen LogP contribution in [0.2, 0.25) is 5.02 Å². The summed E-state index contributed by atoms with van der Waals surface area (Å²) < 4.78 is 21.0. The van der Waals surface area contributed by atoms with Crippen LogP contribution in [0.3, 0.4) is 0 Å². The smallest absolute Gasteiger partial charge is 0.309 e. The molecule has 0 radical (unpaired) electrons. The second-order valence-electron chi connectivity index (χ2n) is 7.60. The van der Waals surface area contributed by atoms with Crippen molar-refractivity contribution in [2.45, 2.75) is 19.8 Å². The minimum Gasteiger partial charge on any atom is -0.466 e. The van der Waals surface area contributed by atoms with Crippen LogP contribution in [0.15, 0.2) is 54.6 Å². The molecule has 0 saturated carbocycles. The first kappa shape index (κ1) is 22.0. The maximum Gasteiger partial charge on any atom is 0.309 e. The topological polar surface area (TPSA) is 64.4 Å². The zero-order valence-electron chi connectivity index (χ0n) is 17.6. The molecule has 1 fully saturated rings. The van der Waals surface area contributed by atoms with Crippen LogP contribution in [-0.4, -0.2) is 46.3 Å². The molecule has 4 rings (SSSR count). The second kappa shape index (κ2) is 9.53. The number of carbonyl (C=O) groups excluding carboxylic acids is 2. The Morgan fingerprint density at radius 2 is 1.88 bits per heavy atom. The summed E-state index contributed by atoms with van der Waals surface area (Å²) in [6, 6.07) is 14.9. The molecule has 1 saturated heterocycles. The number of likely N-dealkylation sites (tertiary alicyclic amines) is 1. The van der Waals surface area contributed by atoms with Gasteiger partial charge < -0.3 is 9.64 Å². The highest BCUT2D eigenvalue weighted by molar-refractivity contribution is 6.30. The summed E-state index contributed by atoms with van der Waals surface area (Å²) in [6.07, 6.45) is 1.08. The number of hydrogen-bond acceptors (Lipinski definition) is 4. The molecule has 0 unspecified atom stereocenters. The number of rotatable bonds is 5. The maximum atomic E-state index is 14.4. The lowest BCUT2D eigenvalue weighted by Crippen LogP contribution is -2.41. The van der Waals surface area contributed by atoms with Gasteiger partial charge in [-0.2, -0.15) is 5.10 Å². The van der Waals surface area contributed by atoms with Gasteiger partial charge in [-0.1, -0.05) is 29.8 Å². The zero-order valence-corrected chi connectivity index (χ0v) is 18.4. The Labute approximate surface area is 190 Å². The van der Waals surface area contributed by atoms with Crippen LogP contribution < -0.4 is 0 Å². The van der Waals surface area contributed by atoms with E-state index in [0.29, 0.717) is 60.2 Å². The van der Waals surface area contributed by atoms with E-state index in [4.69, 9.17) is 16.3 Å². The summed E-state index contributed by atoms with van der Waals surface area (Å²) >= 11 is 6.16. The van der Waals surface area contributed by atoms with Crippen molar-refractivity contribution >= 4 is 23.5 Å². The van der Waals surface area contributed by atoms with Crippen molar-refractivity contribution in [1.82, 2.24) is 14.7 Å². The van der Waals surface area contributed by atoms with Crippen LogP contribution in [0, 0.1) is 11.7 Å². The molecule has 1 aliphatic rings. The number of esters is 1. The quantitative estimate of drug-likeness (QED) is 0.521. The Hall–Kier alpha value is -3.19. The Morgan fingerprint density at radius 1 is 1.12 bits per heavy atom. The zero-order chi connectivity index (χ0) is 22.7. The van der Waals surface area contributed by atoms with Crippen molar-refractivity contribution in [2.24, 2.45) is 5.92 Å². The molecule has 0 N–H and O–H groups in total. The van der Waals surface area contributed by atoms with E-state index in [-0.39, 0.29) is 17.8 Å². The van der Waals surface area contributed by atoms with Gasteiger partial charge in [0, 0.05) is 23.7 Å². The monoisotopic (exact) mass is 455 g/mol. The number of piperidine rings is 1. The molecule has 32 heavy (non-hydrogen) atoms. The summed E-state index contributed by atoms with van der Waals surface area (Å²) in [5.41, 5.74) is 1.57. The maximum absolute atomic E-state index is 14.4. The van der Waals surface area contributed by atoms with E-state index in [1.54, 1.807) is 60.4 Å². The van der Waals surface area contributed by atoms with Crippen molar-refractivity contribution in [1.29, 1.82) is 0 Å². The van der Waals surface area contributed by atoms with E-state index in [2.05, 4.69) is 5.10 Å². The summed E-state index contributed by atoms with van der Waals surface area (Å²) in [4.78, 5) is 27.1. The number of amides is 1. The predicted octanol–water partition coefficient (Wildman–Crippen LogP) is 4.75. The van der Waals surface area contributed by atoms with E-state index in [1.165, 1.54) is 10.7 Å². The van der Waals surface area contributed by atoms with E-state index < -0.39 is 5.82 Å². The van der Waals surface area contributed by atoms with Gasteiger partial charge in [0.25, 0.3) is 5.91 Å². The average molecular weight is 456 g/mol. The fourth-order valence-corrected chi connectivity index (χ4v) is 4.06. The van der Waals surface area contributed by atoms with Crippen LogP contribution >= 0.6 is 11.6 Å². The van der Waals surface area contributed by atoms with Crippen molar-refractivity contribution in [2.75, 3.05) is 19.7 Å². The highest BCUT2D eigenvalue weighted by atomic mass is 35.5. The van der Waals surface area contributed by atoms with Crippen molar-refractivity contribution < 1.29 is 18.7 Å². The lowest BCUT2D eigenvalue weighted by Gasteiger charge is -2.30. The van der Waals surface area contributed by atoms with Crippen LogP contribution in [0.1, 0.15) is 30.3 Å². The van der Waals surface area contributed by atoms with Gasteiger partial charge in [0.05, 0.1) is 23.9 Å². The molecule has 0 spiro atoms. The number of halogens is 2. The van der Waals surface area contributed by atoms with Gasteiger partial charge in [-0.25, -0.2) is 9.07 Å². The molecular weight excluding hydrogens is 433 g/mol. The molecule has 1 amide bonds. The highest BCUT2D eigenvalue weighted by Crippen LogP contribution is 2.27. The Morgan fingerprint density at radius 3 is 2.56 bits per heavy atom. The Kier molecular flexibility index (Phi) is 6.55. The highest BCUT2D eigenvalue weighted by Gasteiger charge is 2.30. The van der Waals surface area contributed by atoms with Gasteiger partial charge in [0.1, 0.15) is 11.5 Å². The fourth-order valence-electron chi connectivity index (χ4n) is 3.88. The van der Waals surface area contributed by atoms with Gasteiger partial charge in [-0.15, -0.1) is 0 Å². The number of hydrogen-bond donors (Lipinski definition) is 0. The molecule has 1 aromatic heterocycles. The Balaban J connectivity index is 1.66. The third kappa shape index (κ3) is 4.53. The molecule has 0 bridgehead atoms. The van der Waals surface area contributed by atoms with Crippen LogP contribution in [-0.2, 0) is 9.53 Å². The van der Waals surface area contributed by atoms with Gasteiger partial charge >= 0.3 is 5.97 Å². The molecule has 6 nitrogen and oxygen atoms in total. The van der Waals surface area contributed by atoms with Crippen molar-refractivity contribution in [3.8, 4) is 16.9 Å². The van der Waals surface area contributed by atoms with E-state index >= 15 is 0 Å². The third-order valence-corrected chi connectivity index (χ3v) is 5.77. The lowest BCUT2D eigenvalue weighted by atomic mass is 9.97. The minimum atomic E-state index is -0.419. The minimum absolute atomic E-state index is 0.203. The van der Waals surface area contributed by atoms with Gasteiger partial charge in [-0.05, 0) is 56.2 Å². The van der Waals surface area contributed by atoms with Gasteiger partial charge in [-0.3, -0.25) is 9.59 Å². The standard InChI is InChI=1S/C24H23ClFN3O3/c1-2-32-24(31)16-10-12-28(13-11-16)23(30)22-15-21(19-8-3-4-9-20(19)26)27-29(22)18-7-5-6-17(25)14-18/h3-9,14-16H,2,10-13H2,1H3. The molecule has 2 aromatic carbocycles. The molecule has 8 heteroatoms. The van der Waals surface area contributed by atoms with Crippen molar-refractivity contribution in [3.05, 3.63) is 71.1 Å².